The van der Waals surface area contributed by atoms with E-state index >= 15 is 0 Å². The van der Waals surface area contributed by atoms with Crippen molar-refractivity contribution in [2.75, 3.05) is 11.9 Å². The van der Waals surface area contributed by atoms with Gasteiger partial charge in [-0.15, -0.1) is 0 Å². The molecule has 0 fully saturated rings. The van der Waals surface area contributed by atoms with E-state index in [2.05, 4.69) is 12.2 Å². The second-order valence-electron chi connectivity index (χ2n) is 6.79. The molecule has 2 aromatic carbocycles. The van der Waals surface area contributed by atoms with Crippen LogP contribution in [0.4, 0.5) is 5.69 Å². The number of esters is 1. The van der Waals surface area contributed by atoms with Gasteiger partial charge in [0.2, 0.25) is 0 Å². The van der Waals surface area contributed by atoms with Crippen molar-refractivity contribution in [2.45, 2.75) is 40.0 Å². The fourth-order valence-corrected chi connectivity index (χ4v) is 3.21. The van der Waals surface area contributed by atoms with Gasteiger partial charge in [0.1, 0.15) is 5.58 Å². The van der Waals surface area contributed by atoms with E-state index in [4.69, 9.17) is 9.15 Å². The zero-order valence-corrected chi connectivity index (χ0v) is 16.5. The molecule has 1 heterocycles. The summed E-state index contributed by atoms with van der Waals surface area (Å²) in [4.78, 5) is 24.4. The number of ether oxygens (including phenoxy) is 1. The van der Waals surface area contributed by atoms with Gasteiger partial charge in [-0.3, -0.25) is 9.59 Å². The topological polar surface area (TPSA) is 68.5 Å². The lowest BCUT2D eigenvalue weighted by Gasteiger charge is -2.13. The van der Waals surface area contributed by atoms with E-state index in [1.807, 2.05) is 50.2 Å². The fraction of sp³-hybridized carbons (Fsp3) is 0.304. The zero-order chi connectivity index (χ0) is 20.1. The summed E-state index contributed by atoms with van der Waals surface area (Å²) in [6.07, 6.45) is 3.37. The highest BCUT2D eigenvalue weighted by Gasteiger charge is 2.14. The summed E-state index contributed by atoms with van der Waals surface area (Å²) in [5.41, 5.74) is 5.52. The molecule has 1 N–H and O–H groups in total. The van der Waals surface area contributed by atoms with Gasteiger partial charge in [0.15, 0.2) is 6.61 Å². The molecule has 28 heavy (non-hydrogen) atoms. The first-order chi connectivity index (χ1) is 13.5. The number of anilines is 1. The van der Waals surface area contributed by atoms with Gasteiger partial charge < -0.3 is 14.5 Å². The monoisotopic (exact) mass is 379 g/mol. The minimum Gasteiger partial charge on any atom is -0.464 e. The van der Waals surface area contributed by atoms with Gasteiger partial charge in [0.25, 0.3) is 5.91 Å². The zero-order valence-electron chi connectivity index (χ0n) is 16.5. The van der Waals surface area contributed by atoms with Crippen molar-refractivity contribution < 1.29 is 18.7 Å². The van der Waals surface area contributed by atoms with E-state index in [1.165, 1.54) is 5.56 Å². The van der Waals surface area contributed by atoms with Crippen molar-refractivity contribution in [3.63, 3.8) is 0 Å². The van der Waals surface area contributed by atoms with Gasteiger partial charge in [0, 0.05) is 16.6 Å². The number of carbonyl (C=O) groups is 2. The normalized spacial score (nSPS) is 10.8. The predicted molar refractivity (Wildman–Crippen MR) is 109 cm³/mol. The van der Waals surface area contributed by atoms with E-state index in [0.717, 1.165) is 46.2 Å². The van der Waals surface area contributed by atoms with Crippen LogP contribution in [-0.4, -0.2) is 18.5 Å². The molecule has 0 bridgehead atoms. The lowest BCUT2D eigenvalue weighted by molar-refractivity contribution is -0.146. The van der Waals surface area contributed by atoms with Crippen LogP contribution in [0, 0.1) is 6.92 Å². The third kappa shape index (κ3) is 4.42. The molecule has 0 aliphatic carbocycles. The maximum Gasteiger partial charge on any atom is 0.310 e. The summed E-state index contributed by atoms with van der Waals surface area (Å²) in [5, 5.41) is 3.75. The van der Waals surface area contributed by atoms with Crippen molar-refractivity contribution in [3.05, 3.63) is 64.9 Å². The quantitative estimate of drug-likeness (QED) is 0.610. The lowest BCUT2D eigenvalue weighted by atomic mass is 10.1. The SMILES string of the molecule is CCc1ccc2c(CC(=O)OCC(=O)Nc3c(C)cccc3CC)coc2c1. The van der Waals surface area contributed by atoms with Crippen LogP contribution in [0.25, 0.3) is 11.0 Å². The van der Waals surface area contributed by atoms with E-state index < -0.39 is 5.97 Å². The maximum absolute atomic E-state index is 12.2. The summed E-state index contributed by atoms with van der Waals surface area (Å²) in [6.45, 7) is 5.73. The first kappa shape index (κ1) is 19.7. The minimum atomic E-state index is -0.460. The number of fused-ring (bicyclic) bond motifs is 1. The average molecular weight is 379 g/mol. The largest absolute Gasteiger partial charge is 0.464 e. The van der Waals surface area contributed by atoms with Gasteiger partial charge in [-0.1, -0.05) is 44.2 Å². The summed E-state index contributed by atoms with van der Waals surface area (Å²) in [6, 6.07) is 11.8. The number of rotatable bonds is 7. The van der Waals surface area contributed by atoms with Crippen LogP contribution in [0.1, 0.15) is 36.1 Å². The molecule has 3 aromatic rings. The van der Waals surface area contributed by atoms with Crippen LogP contribution in [-0.2, 0) is 33.6 Å². The highest BCUT2D eigenvalue weighted by atomic mass is 16.5. The molecule has 1 aromatic heterocycles. The van der Waals surface area contributed by atoms with E-state index in [0.29, 0.717) is 0 Å². The number of nitrogens with one attached hydrogen (secondary N) is 1. The Hall–Kier alpha value is -3.08. The van der Waals surface area contributed by atoms with Crippen LogP contribution in [0.5, 0.6) is 0 Å². The molecular weight excluding hydrogens is 354 g/mol. The molecular formula is C23H25NO4. The van der Waals surface area contributed by atoms with Crippen molar-refractivity contribution in [1.82, 2.24) is 0 Å². The number of amides is 1. The molecule has 0 saturated heterocycles. The minimum absolute atomic E-state index is 0.0658. The second kappa shape index (κ2) is 8.74. The predicted octanol–water partition coefficient (Wildman–Crippen LogP) is 4.59. The number of furan rings is 1. The van der Waals surface area contributed by atoms with E-state index in [-0.39, 0.29) is 18.9 Å². The van der Waals surface area contributed by atoms with Crippen molar-refractivity contribution >= 4 is 28.5 Å². The van der Waals surface area contributed by atoms with Gasteiger partial charge in [-0.25, -0.2) is 0 Å². The van der Waals surface area contributed by atoms with Crippen LogP contribution in [0.2, 0.25) is 0 Å². The van der Waals surface area contributed by atoms with Crippen molar-refractivity contribution in [2.24, 2.45) is 0 Å². The third-order valence-electron chi connectivity index (χ3n) is 4.83. The number of carbonyl (C=O) groups excluding carboxylic acids is 2. The number of hydrogen-bond donors (Lipinski definition) is 1. The number of hydrogen-bond acceptors (Lipinski definition) is 4. The first-order valence-corrected chi connectivity index (χ1v) is 9.54. The third-order valence-corrected chi connectivity index (χ3v) is 4.83. The smallest absolute Gasteiger partial charge is 0.310 e. The molecule has 0 aliphatic rings. The molecule has 0 aliphatic heterocycles. The fourth-order valence-electron chi connectivity index (χ4n) is 3.21. The maximum atomic E-state index is 12.2. The molecule has 0 unspecified atom stereocenters. The highest BCUT2D eigenvalue weighted by Crippen LogP contribution is 2.24. The summed E-state index contributed by atoms with van der Waals surface area (Å²) in [7, 11) is 0. The summed E-state index contributed by atoms with van der Waals surface area (Å²) >= 11 is 0. The Bertz CT molecular complexity index is 1000. The molecule has 146 valence electrons. The number of para-hydroxylation sites is 1. The summed E-state index contributed by atoms with van der Waals surface area (Å²) in [5.74, 6) is -0.806. The molecule has 0 saturated carbocycles. The van der Waals surface area contributed by atoms with Crippen LogP contribution < -0.4 is 5.32 Å². The average Bonchev–Trinajstić information content (AvgIpc) is 3.09. The van der Waals surface area contributed by atoms with Crippen LogP contribution in [0.15, 0.2) is 47.1 Å². The van der Waals surface area contributed by atoms with Gasteiger partial charge in [-0.2, -0.15) is 0 Å². The first-order valence-electron chi connectivity index (χ1n) is 9.54. The van der Waals surface area contributed by atoms with Crippen LogP contribution in [0.3, 0.4) is 0 Å². The Morgan fingerprint density at radius 1 is 1.07 bits per heavy atom. The Morgan fingerprint density at radius 2 is 1.89 bits per heavy atom. The van der Waals surface area contributed by atoms with E-state index in [1.54, 1.807) is 6.26 Å². The highest BCUT2D eigenvalue weighted by molar-refractivity contribution is 5.94. The Morgan fingerprint density at radius 3 is 2.64 bits per heavy atom. The summed E-state index contributed by atoms with van der Waals surface area (Å²) < 4.78 is 10.7. The molecule has 5 heteroatoms. The lowest BCUT2D eigenvalue weighted by Crippen LogP contribution is -2.22. The van der Waals surface area contributed by atoms with Crippen LogP contribution >= 0.6 is 0 Å². The molecule has 0 radical (unpaired) electrons. The molecule has 0 spiro atoms. The van der Waals surface area contributed by atoms with Gasteiger partial charge >= 0.3 is 5.97 Å². The number of benzene rings is 2. The Labute approximate surface area is 164 Å². The van der Waals surface area contributed by atoms with Gasteiger partial charge in [0.05, 0.1) is 12.7 Å². The molecule has 1 amide bonds. The van der Waals surface area contributed by atoms with Crippen molar-refractivity contribution in [3.8, 4) is 0 Å². The second-order valence-corrected chi connectivity index (χ2v) is 6.79. The standard InChI is InChI=1S/C23H25NO4/c1-4-16-9-10-19-18(13-27-20(19)11-16)12-22(26)28-14-21(25)24-23-15(3)7-6-8-17(23)5-2/h6-11,13H,4-5,12,14H2,1-3H3,(H,24,25). The Kier molecular flexibility index (Phi) is 6.14. The van der Waals surface area contributed by atoms with E-state index in [9.17, 15) is 9.59 Å². The number of aryl methyl sites for hydroxylation is 3. The molecule has 3 rings (SSSR count). The molecule has 0 atom stereocenters. The van der Waals surface area contributed by atoms with Gasteiger partial charge in [-0.05, 0) is 42.5 Å². The molecule has 5 nitrogen and oxygen atoms in total. The Balaban J connectivity index is 1.58. The van der Waals surface area contributed by atoms with Crippen molar-refractivity contribution in [1.29, 1.82) is 0 Å².